The summed E-state index contributed by atoms with van der Waals surface area (Å²) >= 11 is 0. The molecule has 0 fully saturated rings. The number of hydroxylamine groups is 1. The van der Waals surface area contributed by atoms with E-state index in [2.05, 4.69) is 10.9 Å². The number of para-hydroxylation sites is 2. The first kappa shape index (κ1) is 32.7. The van der Waals surface area contributed by atoms with Gasteiger partial charge in [0.2, 0.25) is 5.91 Å². The first-order valence-electron chi connectivity index (χ1n) is 14.6. The zero-order valence-electron chi connectivity index (χ0n) is 25.0. The molecule has 3 N–H and O–H groups in total. The van der Waals surface area contributed by atoms with Gasteiger partial charge in [0, 0.05) is 19.4 Å². The molecule has 0 unspecified atom stereocenters. The van der Waals surface area contributed by atoms with E-state index in [-0.39, 0.29) is 6.54 Å². The fourth-order valence-corrected chi connectivity index (χ4v) is 4.95. The van der Waals surface area contributed by atoms with Gasteiger partial charge in [-0.1, -0.05) is 91.0 Å². The Morgan fingerprint density at radius 1 is 0.766 bits per heavy atom. The molecule has 0 radical (unpaired) electrons. The van der Waals surface area contributed by atoms with Gasteiger partial charge < -0.3 is 20.2 Å². The van der Waals surface area contributed by atoms with Gasteiger partial charge in [0.1, 0.15) is 5.75 Å². The van der Waals surface area contributed by atoms with Gasteiger partial charge in [-0.3, -0.25) is 9.59 Å². The molecule has 5 aromatic carbocycles. The molecule has 0 saturated carbocycles. The summed E-state index contributed by atoms with van der Waals surface area (Å²) < 4.78 is 43.5. The van der Waals surface area contributed by atoms with Crippen LogP contribution in [-0.4, -0.2) is 24.0 Å². The fraction of sp³-hybridized carbons (Fsp3) is 0.139. The van der Waals surface area contributed by atoms with Gasteiger partial charge in [-0.15, -0.1) is 0 Å². The molecule has 240 valence electrons. The van der Waals surface area contributed by atoms with Crippen molar-refractivity contribution in [3.63, 3.8) is 0 Å². The number of hydrogen-bond donors (Lipinski definition) is 2. The Bertz CT molecular complexity index is 1890. The highest BCUT2D eigenvalue weighted by Gasteiger charge is 2.42. The van der Waals surface area contributed by atoms with Crippen LogP contribution in [0.5, 0.6) is 11.5 Å². The maximum Gasteiger partial charge on any atom is 0.493 e. The maximum atomic E-state index is 13.7. The lowest BCUT2D eigenvalue weighted by Gasteiger charge is -2.25. The Balaban J connectivity index is 1.40. The second-order valence-electron chi connectivity index (χ2n) is 10.5. The number of nitrogens with one attached hydrogen (secondary N) is 1. The van der Waals surface area contributed by atoms with E-state index in [1.54, 1.807) is 42.5 Å². The lowest BCUT2D eigenvalue weighted by molar-refractivity contribution is -0.207. The maximum absolute atomic E-state index is 13.7. The molecule has 2 amide bonds. The summed E-state index contributed by atoms with van der Waals surface area (Å²) in [5, 5.41) is 2.21. The average molecular weight is 642 g/mol. The highest BCUT2D eigenvalue weighted by atomic mass is 19.4. The summed E-state index contributed by atoms with van der Waals surface area (Å²) in [6, 6.07) is 35.9. The molecule has 0 heterocycles. The second kappa shape index (κ2) is 14.6. The minimum Gasteiger partial charge on any atom is -0.455 e. The zero-order valence-corrected chi connectivity index (χ0v) is 25.0. The molecule has 0 aliphatic rings. The molecule has 0 bridgehead atoms. The fourth-order valence-electron chi connectivity index (χ4n) is 4.95. The van der Waals surface area contributed by atoms with Crippen molar-refractivity contribution in [1.82, 2.24) is 5.48 Å². The molecule has 11 heteroatoms. The number of amides is 2. The van der Waals surface area contributed by atoms with Gasteiger partial charge in [0.05, 0.1) is 12.2 Å². The number of fused-ring (bicyclic) bond motifs is 1. The van der Waals surface area contributed by atoms with Crippen LogP contribution in [0.2, 0.25) is 0 Å². The summed E-state index contributed by atoms with van der Waals surface area (Å²) in [5.74, 6) is -3.31. The Kier molecular flexibility index (Phi) is 10.2. The first-order chi connectivity index (χ1) is 22.6. The lowest BCUT2D eigenvalue weighted by Crippen LogP contribution is -2.36. The minimum absolute atomic E-state index is 0.0859. The molecule has 0 saturated heterocycles. The Labute approximate surface area is 268 Å². The molecule has 5 rings (SSSR count). The highest BCUT2D eigenvalue weighted by molar-refractivity contribution is 5.98. The summed E-state index contributed by atoms with van der Waals surface area (Å²) in [6.07, 6.45) is -6.22. The molecule has 0 atom stereocenters. The molecule has 0 aliphatic heterocycles. The van der Waals surface area contributed by atoms with Gasteiger partial charge in [-0.05, 0) is 57.3 Å². The van der Waals surface area contributed by atoms with Crippen molar-refractivity contribution < 1.29 is 37.1 Å². The van der Waals surface area contributed by atoms with Crippen LogP contribution in [0.1, 0.15) is 24.0 Å². The highest BCUT2D eigenvalue weighted by Crippen LogP contribution is 2.35. The Hall–Kier alpha value is -5.68. The van der Waals surface area contributed by atoms with E-state index in [0.29, 0.717) is 23.7 Å². The van der Waals surface area contributed by atoms with Crippen molar-refractivity contribution in [2.45, 2.75) is 32.1 Å². The Morgan fingerprint density at radius 3 is 2.23 bits per heavy atom. The molecule has 8 nitrogen and oxygen atoms in total. The number of carbonyl (C=O) groups is 3. The third kappa shape index (κ3) is 8.33. The van der Waals surface area contributed by atoms with Crippen molar-refractivity contribution in [2.24, 2.45) is 5.73 Å². The molecular weight excluding hydrogens is 611 g/mol. The van der Waals surface area contributed by atoms with Crippen LogP contribution in [0.3, 0.4) is 0 Å². The van der Waals surface area contributed by atoms with E-state index in [4.69, 9.17) is 10.5 Å². The van der Waals surface area contributed by atoms with Gasteiger partial charge in [-0.25, -0.2) is 4.79 Å². The molecule has 47 heavy (non-hydrogen) atoms. The topological polar surface area (TPSA) is 111 Å². The van der Waals surface area contributed by atoms with E-state index in [0.717, 1.165) is 33.0 Å². The van der Waals surface area contributed by atoms with Crippen molar-refractivity contribution in [3.8, 4) is 22.6 Å². The van der Waals surface area contributed by atoms with Gasteiger partial charge in [0.25, 0.3) is 5.91 Å². The van der Waals surface area contributed by atoms with Gasteiger partial charge in [-0.2, -0.15) is 18.7 Å². The van der Waals surface area contributed by atoms with Crippen molar-refractivity contribution in [3.05, 3.63) is 126 Å². The molecular formula is C36H30F3N3O5. The van der Waals surface area contributed by atoms with Gasteiger partial charge >= 0.3 is 12.1 Å². The second-order valence-corrected chi connectivity index (χ2v) is 10.5. The third-order valence-corrected chi connectivity index (χ3v) is 7.27. The number of alkyl halides is 3. The van der Waals surface area contributed by atoms with Crippen LogP contribution in [0.25, 0.3) is 21.9 Å². The summed E-state index contributed by atoms with van der Waals surface area (Å²) in [7, 11) is 0. The third-order valence-electron chi connectivity index (χ3n) is 7.27. The SMILES string of the molecule is NCc1cccc(Oc2ccccc2N(Cc2ccc(-c3cccc4ccccc34)cc2)C(=O)CCC(=O)NOC(=O)C(F)(F)F)c1. The van der Waals surface area contributed by atoms with E-state index >= 15 is 0 Å². The number of benzene rings is 5. The lowest BCUT2D eigenvalue weighted by atomic mass is 9.97. The predicted molar refractivity (Wildman–Crippen MR) is 171 cm³/mol. The van der Waals surface area contributed by atoms with E-state index in [1.807, 2.05) is 66.7 Å². The van der Waals surface area contributed by atoms with Crippen LogP contribution in [0.4, 0.5) is 18.9 Å². The normalized spacial score (nSPS) is 11.1. The van der Waals surface area contributed by atoms with Crippen LogP contribution < -0.4 is 20.9 Å². The number of halogens is 3. The largest absolute Gasteiger partial charge is 0.493 e. The van der Waals surface area contributed by atoms with Crippen molar-refractivity contribution in [1.29, 1.82) is 0 Å². The predicted octanol–water partition coefficient (Wildman–Crippen LogP) is 7.21. The molecule has 5 aromatic rings. The number of ether oxygens (including phenoxy) is 1. The van der Waals surface area contributed by atoms with Crippen LogP contribution >= 0.6 is 0 Å². The molecule has 0 aromatic heterocycles. The summed E-state index contributed by atoms with van der Waals surface area (Å²) in [4.78, 5) is 42.0. The van der Waals surface area contributed by atoms with Crippen LogP contribution in [0, 0.1) is 0 Å². The minimum atomic E-state index is -5.28. The number of nitrogens with zero attached hydrogens (tertiary/aromatic N) is 1. The molecule has 0 spiro atoms. The number of carbonyl (C=O) groups excluding carboxylic acids is 3. The smallest absolute Gasteiger partial charge is 0.455 e. The number of anilines is 1. The van der Waals surface area contributed by atoms with Crippen molar-refractivity contribution in [2.75, 3.05) is 4.90 Å². The summed E-state index contributed by atoms with van der Waals surface area (Å²) in [5.41, 5.74) is 11.3. The zero-order chi connectivity index (χ0) is 33.4. The average Bonchev–Trinajstić information content (AvgIpc) is 3.08. The summed E-state index contributed by atoms with van der Waals surface area (Å²) in [6.45, 7) is 0.390. The Morgan fingerprint density at radius 2 is 1.47 bits per heavy atom. The molecule has 0 aliphatic carbocycles. The van der Waals surface area contributed by atoms with Gasteiger partial charge in [0.15, 0.2) is 5.75 Å². The van der Waals surface area contributed by atoms with Crippen LogP contribution in [0.15, 0.2) is 115 Å². The number of hydrogen-bond acceptors (Lipinski definition) is 6. The monoisotopic (exact) mass is 641 g/mol. The number of rotatable bonds is 10. The quantitative estimate of drug-likeness (QED) is 0.156. The van der Waals surface area contributed by atoms with Crippen molar-refractivity contribution >= 4 is 34.2 Å². The van der Waals surface area contributed by atoms with E-state index < -0.39 is 36.8 Å². The van der Waals surface area contributed by atoms with E-state index in [9.17, 15) is 27.6 Å². The standard InChI is InChI=1S/C36H30F3N3O5/c37-36(38,39)35(45)47-41-33(43)19-20-34(44)42(31-13-3-4-14-32(31)46-28-10-5-7-25(21-28)22-40)23-24-15-17-27(18-16-24)30-12-6-9-26-8-1-2-11-29(26)30/h1-18,21H,19-20,22-23,40H2,(H,41,43). The number of nitrogens with two attached hydrogens (primary N) is 1. The van der Waals surface area contributed by atoms with Crippen LogP contribution in [-0.2, 0) is 32.3 Å². The van der Waals surface area contributed by atoms with E-state index in [1.165, 1.54) is 10.4 Å². The first-order valence-corrected chi connectivity index (χ1v) is 14.6.